The minimum absolute atomic E-state index is 0.142. The molecule has 0 fully saturated rings. The Labute approximate surface area is 146 Å². The molecule has 0 amide bonds. The molecule has 25 heavy (non-hydrogen) atoms. The first-order chi connectivity index (χ1) is 12.2. The Morgan fingerprint density at radius 1 is 1.08 bits per heavy atom. The molecule has 130 valence electrons. The molecule has 1 heterocycles. The van der Waals surface area contributed by atoms with E-state index in [1.54, 1.807) is 19.2 Å². The quantitative estimate of drug-likeness (QED) is 0.711. The zero-order chi connectivity index (χ0) is 17.6. The molecule has 0 aliphatic carbocycles. The highest BCUT2D eigenvalue weighted by Gasteiger charge is 2.17. The highest BCUT2D eigenvalue weighted by atomic mass is 16.5. The van der Waals surface area contributed by atoms with Crippen molar-refractivity contribution in [2.45, 2.75) is 19.6 Å². The van der Waals surface area contributed by atoms with E-state index in [1.807, 2.05) is 37.3 Å². The molecule has 0 unspecified atom stereocenters. The van der Waals surface area contributed by atoms with Crippen LogP contribution in [0, 0.1) is 0 Å². The van der Waals surface area contributed by atoms with E-state index in [0.29, 0.717) is 35.6 Å². The first-order valence-corrected chi connectivity index (χ1v) is 7.98. The monoisotopic (exact) mass is 340 g/mol. The highest BCUT2D eigenvalue weighted by Crippen LogP contribution is 2.39. The Morgan fingerprint density at radius 2 is 1.88 bits per heavy atom. The van der Waals surface area contributed by atoms with Crippen molar-refractivity contribution in [2.75, 3.05) is 13.7 Å². The van der Waals surface area contributed by atoms with Crippen LogP contribution in [-0.2, 0) is 11.3 Å². The van der Waals surface area contributed by atoms with Gasteiger partial charge in [0.25, 0.3) is 0 Å². The zero-order valence-corrected chi connectivity index (χ0v) is 14.2. The molecule has 3 aromatic rings. The summed E-state index contributed by atoms with van der Waals surface area (Å²) in [6.07, 6.45) is 1.06. The summed E-state index contributed by atoms with van der Waals surface area (Å²) in [5.41, 5.74) is 1.68. The van der Waals surface area contributed by atoms with Gasteiger partial charge in [-0.15, -0.1) is 0 Å². The van der Waals surface area contributed by atoms with Crippen molar-refractivity contribution >= 4 is 10.9 Å². The number of methoxy groups -OCH3 is 1. The lowest BCUT2D eigenvalue weighted by molar-refractivity contribution is 0.0488. The standard InChI is InChI=1S/C19H20N2O4/c1-13(10-24-11-14-6-4-3-5-7-14)25-18-16(23-2)9-8-15-17(18)19(22)21-12-20-15/h3-9,12-13H,10-11H2,1-2H3,(H,20,21,22)/t13-/m1/s1. The van der Waals surface area contributed by atoms with Gasteiger partial charge in [0.05, 0.1) is 25.8 Å². The van der Waals surface area contributed by atoms with Gasteiger partial charge >= 0.3 is 0 Å². The number of hydrogen-bond donors (Lipinski definition) is 1. The summed E-state index contributed by atoms with van der Waals surface area (Å²) in [5.74, 6) is 0.776. The average molecular weight is 340 g/mol. The zero-order valence-electron chi connectivity index (χ0n) is 14.2. The predicted molar refractivity (Wildman–Crippen MR) is 93.9 cm³/mol. The van der Waals surface area contributed by atoms with Gasteiger partial charge in [-0.3, -0.25) is 0 Å². The van der Waals surface area contributed by atoms with E-state index in [2.05, 4.69) is 9.97 Å². The molecular weight excluding hydrogens is 320 g/mol. The smallest absolute Gasteiger partial charge is 0.225 e. The minimum Gasteiger partial charge on any atom is -0.493 e. The van der Waals surface area contributed by atoms with Gasteiger partial charge in [0.15, 0.2) is 11.5 Å². The fourth-order valence-electron chi connectivity index (χ4n) is 2.52. The predicted octanol–water partition coefficient (Wildman–Crippen LogP) is 3.33. The molecule has 0 aliphatic rings. The Bertz CT molecular complexity index is 839. The average Bonchev–Trinajstić information content (AvgIpc) is 2.63. The van der Waals surface area contributed by atoms with Crippen molar-refractivity contribution in [3.8, 4) is 17.4 Å². The number of aromatic hydroxyl groups is 1. The van der Waals surface area contributed by atoms with Gasteiger partial charge in [-0.05, 0) is 24.6 Å². The van der Waals surface area contributed by atoms with Crippen molar-refractivity contribution in [1.29, 1.82) is 0 Å². The van der Waals surface area contributed by atoms with Crippen molar-refractivity contribution in [3.05, 3.63) is 54.4 Å². The molecule has 0 saturated carbocycles. The van der Waals surface area contributed by atoms with Gasteiger partial charge in [0.2, 0.25) is 5.88 Å². The number of hydrogen-bond acceptors (Lipinski definition) is 6. The van der Waals surface area contributed by atoms with Gasteiger partial charge in [0.1, 0.15) is 17.8 Å². The lowest BCUT2D eigenvalue weighted by Gasteiger charge is -2.18. The normalized spacial score (nSPS) is 12.1. The fraction of sp³-hybridized carbons (Fsp3) is 0.263. The second kappa shape index (κ2) is 7.81. The van der Waals surface area contributed by atoms with Crippen LogP contribution in [0.3, 0.4) is 0 Å². The van der Waals surface area contributed by atoms with Crippen LogP contribution in [-0.4, -0.2) is 34.9 Å². The Morgan fingerprint density at radius 3 is 2.64 bits per heavy atom. The van der Waals surface area contributed by atoms with E-state index < -0.39 is 0 Å². The maximum absolute atomic E-state index is 10.1. The molecule has 2 aromatic carbocycles. The van der Waals surface area contributed by atoms with E-state index >= 15 is 0 Å². The summed E-state index contributed by atoms with van der Waals surface area (Å²) in [5, 5.41) is 10.5. The Kier molecular flexibility index (Phi) is 5.30. The number of fused-ring (bicyclic) bond motifs is 1. The maximum atomic E-state index is 10.1. The van der Waals surface area contributed by atoms with Crippen LogP contribution < -0.4 is 9.47 Å². The third kappa shape index (κ3) is 3.97. The summed E-state index contributed by atoms with van der Waals surface area (Å²) in [4.78, 5) is 7.98. The van der Waals surface area contributed by atoms with E-state index in [-0.39, 0.29) is 12.0 Å². The first kappa shape index (κ1) is 17.0. The third-order valence-electron chi connectivity index (χ3n) is 3.70. The lowest BCUT2D eigenvalue weighted by atomic mass is 10.2. The van der Waals surface area contributed by atoms with Gasteiger partial charge < -0.3 is 19.3 Å². The molecule has 1 atom stereocenters. The summed E-state index contributed by atoms with van der Waals surface area (Å²) < 4.78 is 17.0. The van der Waals surface area contributed by atoms with Crippen LogP contribution >= 0.6 is 0 Å². The molecular formula is C19H20N2O4. The minimum atomic E-state index is -0.247. The molecule has 1 N–H and O–H groups in total. The number of rotatable bonds is 7. The van der Waals surface area contributed by atoms with Crippen LogP contribution in [0.2, 0.25) is 0 Å². The molecule has 0 bridgehead atoms. The summed E-state index contributed by atoms with van der Waals surface area (Å²) >= 11 is 0. The molecule has 3 rings (SSSR count). The second-order valence-corrected chi connectivity index (χ2v) is 5.62. The maximum Gasteiger partial charge on any atom is 0.225 e. The van der Waals surface area contributed by atoms with Crippen molar-refractivity contribution in [2.24, 2.45) is 0 Å². The highest BCUT2D eigenvalue weighted by molar-refractivity contribution is 5.91. The number of benzene rings is 2. The van der Waals surface area contributed by atoms with Crippen LogP contribution in [0.4, 0.5) is 0 Å². The molecule has 0 aliphatic heterocycles. The SMILES string of the molecule is COc1ccc2ncnc(O)c2c1O[C@H](C)COCc1ccccc1. The van der Waals surface area contributed by atoms with Crippen LogP contribution in [0.15, 0.2) is 48.8 Å². The van der Waals surface area contributed by atoms with E-state index in [1.165, 1.54) is 6.33 Å². The van der Waals surface area contributed by atoms with Crippen molar-refractivity contribution in [1.82, 2.24) is 9.97 Å². The molecule has 1 aromatic heterocycles. The van der Waals surface area contributed by atoms with Gasteiger partial charge in [-0.2, -0.15) is 0 Å². The Balaban J connectivity index is 1.73. The molecule has 0 spiro atoms. The summed E-state index contributed by atoms with van der Waals surface area (Å²) in [6.45, 7) is 2.79. The van der Waals surface area contributed by atoms with Gasteiger partial charge in [0, 0.05) is 0 Å². The summed E-state index contributed by atoms with van der Waals surface area (Å²) in [7, 11) is 1.55. The molecule has 0 saturated heterocycles. The van der Waals surface area contributed by atoms with E-state index in [0.717, 1.165) is 5.56 Å². The van der Waals surface area contributed by atoms with Crippen LogP contribution in [0.1, 0.15) is 12.5 Å². The van der Waals surface area contributed by atoms with Gasteiger partial charge in [-0.25, -0.2) is 9.97 Å². The van der Waals surface area contributed by atoms with E-state index in [9.17, 15) is 5.11 Å². The van der Waals surface area contributed by atoms with Crippen molar-refractivity contribution in [3.63, 3.8) is 0 Å². The number of nitrogens with zero attached hydrogens (tertiary/aromatic N) is 2. The Hall–Kier alpha value is -2.86. The van der Waals surface area contributed by atoms with Crippen LogP contribution in [0.25, 0.3) is 10.9 Å². The summed E-state index contributed by atoms with van der Waals surface area (Å²) in [6, 6.07) is 13.4. The lowest BCUT2D eigenvalue weighted by Crippen LogP contribution is -2.19. The largest absolute Gasteiger partial charge is 0.493 e. The third-order valence-corrected chi connectivity index (χ3v) is 3.70. The molecule has 6 heteroatoms. The van der Waals surface area contributed by atoms with E-state index in [4.69, 9.17) is 14.2 Å². The first-order valence-electron chi connectivity index (χ1n) is 7.98. The number of aromatic nitrogens is 2. The molecule has 0 radical (unpaired) electrons. The van der Waals surface area contributed by atoms with Crippen molar-refractivity contribution < 1.29 is 19.3 Å². The molecule has 6 nitrogen and oxygen atoms in total. The van der Waals surface area contributed by atoms with Crippen LogP contribution in [0.5, 0.6) is 17.4 Å². The van der Waals surface area contributed by atoms with Gasteiger partial charge in [-0.1, -0.05) is 30.3 Å². The second-order valence-electron chi connectivity index (χ2n) is 5.62. The fourth-order valence-corrected chi connectivity index (χ4v) is 2.52. The number of ether oxygens (including phenoxy) is 3. The topological polar surface area (TPSA) is 73.7 Å².